The van der Waals surface area contributed by atoms with Gasteiger partial charge in [-0.3, -0.25) is 4.79 Å². The maximum Gasteiger partial charge on any atom is 0.314 e. The van der Waals surface area contributed by atoms with Gasteiger partial charge in [0.15, 0.2) is 11.6 Å². The summed E-state index contributed by atoms with van der Waals surface area (Å²) in [4.78, 5) is 11.9. The minimum Gasteiger partial charge on any atom is -0.493 e. The van der Waals surface area contributed by atoms with E-state index in [1.807, 2.05) is 0 Å². The predicted molar refractivity (Wildman–Crippen MR) is 76.1 cm³/mol. The fraction of sp³-hybridized carbons (Fsp3) is 0.562. The van der Waals surface area contributed by atoms with Gasteiger partial charge >= 0.3 is 5.97 Å². The van der Waals surface area contributed by atoms with Crippen LogP contribution in [-0.4, -0.2) is 25.3 Å². The fourth-order valence-corrected chi connectivity index (χ4v) is 3.22. The number of aliphatic carboxylic acids is 1. The van der Waals surface area contributed by atoms with Gasteiger partial charge in [0.1, 0.15) is 0 Å². The van der Waals surface area contributed by atoms with Gasteiger partial charge in [-0.15, -0.1) is 0 Å². The van der Waals surface area contributed by atoms with Gasteiger partial charge in [-0.25, -0.2) is 4.39 Å². The van der Waals surface area contributed by atoms with Crippen LogP contribution in [0.2, 0.25) is 0 Å². The molecular weight excluding hydrogens is 275 g/mol. The van der Waals surface area contributed by atoms with Crippen LogP contribution >= 0.6 is 0 Å². The average molecular weight is 296 g/mol. The Hall–Kier alpha value is -1.62. The van der Waals surface area contributed by atoms with E-state index in [1.54, 1.807) is 6.07 Å². The van der Waals surface area contributed by atoms with Crippen LogP contribution in [0.5, 0.6) is 5.75 Å². The number of benzene rings is 1. The molecule has 4 nitrogen and oxygen atoms in total. The molecule has 5 heteroatoms. The Morgan fingerprint density at radius 3 is 2.48 bits per heavy atom. The number of hydrogen-bond donors (Lipinski definition) is 1. The molecule has 2 rings (SSSR count). The SMILES string of the molecule is COCc1cc(F)c(OC)c(C2(C(=O)O)CCCCC2)c1. The third-order valence-electron chi connectivity index (χ3n) is 4.25. The minimum atomic E-state index is -1.06. The number of rotatable bonds is 5. The van der Waals surface area contributed by atoms with E-state index >= 15 is 0 Å². The van der Waals surface area contributed by atoms with Gasteiger partial charge in [-0.05, 0) is 30.5 Å². The quantitative estimate of drug-likeness (QED) is 0.906. The first-order valence-corrected chi connectivity index (χ1v) is 7.14. The van der Waals surface area contributed by atoms with E-state index in [4.69, 9.17) is 9.47 Å². The van der Waals surface area contributed by atoms with Crippen molar-refractivity contribution in [3.63, 3.8) is 0 Å². The fourth-order valence-electron chi connectivity index (χ4n) is 3.22. The van der Waals surface area contributed by atoms with Crippen molar-refractivity contribution in [1.29, 1.82) is 0 Å². The Morgan fingerprint density at radius 1 is 1.29 bits per heavy atom. The molecular formula is C16H21FO4. The lowest BCUT2D eigenvalue weighted by atomic mass is 9.69. The molecule has 0 amide bonds. The number of halogens is 1. The number of carboxylic acids is 1. The van der Waals surface area contributed by atoms with Crippen molar-refractivity contribution in [1.82, 2.24) is 0 Å². The van der Waals surface area contributed by atoms with E-state index in [-0.39, 0.29) is 12.4 Å². The van der Waals surface area contributed by atoms with Crippen molar-refractivity contribution >= 4 is 5.97 Å². The summed E-state index contributed by atoms with van der Waals surface area (Å²) in [5.74, 6) is -1.40. The molecule has 0 spiro atoms. The first kappa shape index (κ1) is 15.8. The molecule has 0 bridgehead atoms. The van der Waals surface area contributed by atoms with Gasteiger partial charge in [0.05, 0.1) is 19.1 Å². The standard InChI is InChI=1S/C16H21FO4/c1-20-10-11-8-12(14(21-2)13(17)9-11)16(15(18)19)6-4-3-5-7-16/h8-9H,3-7,10H2,1-2H3,(H,18,19). The highest BCUT2D eigenvalue weighted by molar-refractivity contribution is 5.83. The predicted octanol–water partition coefficient (Wildman–Crippen LogP) is 3.27. The summed E-state index contributed by atoms with van der Waals surface area (Å²) in [5.41, 5.74) is -0.00461. The lowest BCUT2D eigenvalue weighted by Gasteiger charge is -2.35. The molecule has 0 unspecified atom stereocenters. The summed E-state index contributed by atoms with van der Waals surface area (Å²) in [5, 5.41) is 9.76. The van der Waals surface area contributed by atoms with E-state index in [0.29, 0.717) is 24.0 Å². The summed E-state index contributed by atoms with van der Waals surface area (Å²) in [7, 11) is 2.89. The number of carboxylic acid groups (broad SMARTS) is 1. The van der Waals surface area contributed by atoms with Crippen molar-refractivity contribution in [2.75, 3.05) is 14.2 Å². The van der Waals surface area contributed by atoms with E-state index in [9.17, 15) is 14.3 Å². The molecule has 1 fully saturated rings. The van der Waals surface area contributed by atoms with Crippen LogP contribution in [0.15, 0.2) is 12.1 Å². The van der Waals surface area contributed by atoms with Crippen molar-refractivity contribution in [3.05, 3.63) is 29.1 Å². The second-order valence-electron chi connectivity index (χ2n) is 5.54. The molecule has 0 aromatic heterocycles. The molecule has 1 aliphatic carbocycles. The zero-order chi connectivity index (χ0) is 15.5. The number of hydrogen-bond acceptors (Lipinski definition) is 3. The van der Waals surface area contributed by atoms with Crippen molar-refractivity contribution < 1.29 is 23.8 Å². The molecule has 116 valence electrons. The largest absolute Gasteiger partial charge is 0.493 e. The second-order valence-corrected chi connectivity index (χ2v) is 5.54. The Morgan fingerprint density at radius 2 is 1.95 bits per heavy atom. The van der Waals surface area contributed by atoms with Crippen LogP contribution in [0.3, 0.4) is 0 Å². The maximum atomic E-state index is 14.2. The van der Waals surface area contributed by atoms with Gasteiger partial charge in [0, 0.05) is 12.7 Å². The minimum absolute atomic E-state index is 0.0409. The molecule has 0 radical (unpaired) electrons. The second kappa shape index (κ2) is 6.43. The summed E-state index contributed by atoms with van der Waals surface area (Å²) >= 11 is 0. The van der Waals surface area contributed by atoms with E-state index in [2.05, 4.69) is 0 Å². The highest BCUT2D eigenvalue weighted by atomic mass is 19.1. The summed E-state index contributed by atoms with van der Waals surface area (Å²) in [6, 6.07) is 3.05. The van der Waals surface area contributed by atoms with Crippen molar-refractivity contribution in [3.8, 4) is 5.75 Å². The molecule has 0 saturated heterocycles. The molecule has 1 aliphatic rings. The van der Waals surface area contributed by atoms with Crippen LogP contribution in [0.4, 0.5) is 4.39 Å². The van der Waals surface area contributed by atoms with Gasteiger partial charge in [0.25, 0.3) is 0 Å². The average Bonchev–Trinajstić information content (AvgIpc) is 2.47. The lowest BCUT2D eigenvalue weighted by Crippen LogP contribution is -2.38. The third-order valence-corrected chi connectivity index (χ3v) is 4.25. The van der Waals surface area contributed by atoms with E-state index < -0.39 is 17.2 Å². The van der Waals surface area contributed by atoms with Gasteiger partial charge in [-0.2, -0.15) is 0 Å². The van der Waals surface area contributed by atoms with Crippen LogP contribution in [0.1, 0.15) is 43.2 Å². The summed E-state index contributed by atoms with van der Waals surface area (Å²) in [6.45, 7) is 0.240. The van der Waals surface area contributed by atoms with E-state index in [1.165, 1.54) is 20.3 Å². The Balaban J connectivity index is 2.59. The maximum absolute atomic E-state index is 14.2. The van der Waals surface area contributed by atoms with Crippen LogP contribution in [0, 0.1) is 5.82 Å². The van der Waals surface area contributed by atoms with Crippen LogP contribution in [-0.2, 0) is 21.6 Å². The molecule has 1 saturated carbocycles. The Bertz CT molecular complexity index is 521. The van der Waals surface area contributed by atoms with Crippen LogP contribution in [0.25, 0.3) is 0 Å². The monoisotopic (exact) mass is 296 g/mol. The van der Waals surface area contributed by atoms with Crippen LogP contribution < -0.4 is 4.74 Å². The molecule has 1 N–H and O–H groups in total. The molecule has 1 aromatic rings. The van der Waals surface area contributed by atoms with Gasteiger partial charge < -0.3 is 14.6 Å². The first-order chi connectivity index (χ1) is 10.0. The molecule has 0 heterocycles. The van der Waals surface area contributed by atoms with Gasteiger partial charge in [0.2, 0.25) is 0 Å². The number of ether oxygens (including phenoxy) is 2. The topological polar surface area (TPSA) is 55.8 Å². The van der Waals surface area contributed by atoms with Crippen molar-refractivity contribution in [2.24, 2.45) is 0 Å². The normalized spacial score (nSPS) is 17.5. The van der Waals surface area contributed by atoms with Crippen molar-refractivity contribution in [2.45, 2.75) is 44.1 Å². The lowest BCUT2D eigenvalue weighted by molar-refractivity contribution is -0.145. The number of carbonyl (C=O) groups is 1. The number of methoxy groups -OCH3 is 2. The highest BCUT2D eigenvalue weighted by Gasteiger charge is 2.44. The summed E-state index contributed by atoms with van der Waals surface area (Å²) < 4.78 is 24.4. The van der Waals surface area contributed by atoms with E-state index in [0.717, 1.165) is 19.3 Å². The smallest absolute Gasteiger partial charge is 0.314 e. The summed E-state index contributed by atoms with van der Waals surface area (Å²) in [6.07, 6.45) is 3.68. The molecule has 21 heavy (non-hydrogen) atoms. The third kappa shape index (κ3) is 2.88. The Labute approximate surface area is 123 Å². The van der Waals surface area contributed by atoms with Gasteiger partial charge in [-0.1, -0.05) is 19.3 Å². The molecule has 1 aromatic carbocycles. The zero-order valence-corrected chi connectivity index (χ0v) is 12.4. The highest BCUT2D eigenvalue weighted by Crippen LogP contribution is 2.44. The zero-order valence-electron chi connectivity index (χ0n) is 12.4. The first-order valence-electron chi connectivity index (χ1n) is 7.14. The molecule has 0 atom stereocenters. The molecule has 0 aliphatic heterocycles. The Kier molecular flexibility index (Phi) is 4.83.